The highest BCUT2D eigenvalue weighted by atomic mass is 16.5. The van der Waals surface area contributed by atoms with E-state index in [0.29, 0.717) is 12.0 Å². The smallest absolute Gasteiger partial charge is 0.0594 e. The Morgan fingerprint density at radius 1 is 1.03 bits per heavy atom. The normalized spacial score (nSPS) is 27.3. The van der Waals surface area contributed by atoms with Crippen LogP contribution in [0.25, 0.3) is 10.9 Å². The first-order valence-corrected chi connectivity index (χ1v) is 12.4. The molecule has 1 saturated carbocycles. The van der Waals surface area contributed by atoms with Crippen molar-refractivity contribution in [3.05, 3.63) is 29.7 Å². The first kappa shape index (κ1) is 21.4. The van der Waals surface area contributed by atoms with Crippen LogP contribution in [0, 0.1) is 0 Å². The number of morpholine rings is 1. The molecule has 0 amide bonds. The molecule has 6 heteroatoms. The lowest BCUT2D eigenvalue weighted by Crippen LogP contribution is -2.52. The van der Waals surface area contributed by atoms with E-state index in [-0.39, 0.29) is 0 Å². The van der Waals surface area contributed by atoms with Crippen LogP contribution < -0.4 is 0 Å². The van der Waals surface area contributed by atoms with Crippen LogP contribution in [-0.2, 0) is 11.3 Å². The van der Waals surface area contributed by atoms with Gasteiger partial charge in [0.2, 0.25) is 0 Å². The third-order valence-electron chi connectivity index (χ3n) is 7.81. The Morgan fingerprint density at radius 2 is 1.77 bits per heavy atom. The number of pyridine rings is 1. The molecule has 2 saturated heterocycles. The number of ether oxygens (including phenoxy) is 1. The van der Waals surface area contributed by atoms with E-state index in [0.717, 1.165) is 38.9 Å². The lowest BCUT2D eigenvalue weighted by Gasteiger charge is -2.43. The maximum Gasteiger partial charge on any atom is 0.0594 e. The van der Waals surface area contributed by atoms with Gasteiger partial charge < -0.3 is 9.72 Å². The summed E-state index contributed by atoms with van der Waals surface area (Å²) in [5.74, 6) is 0.601. The van der Waals surface area contributed by atoms with Crippen molar-refractivity contribution in [1.82, 2.24) is 24.7 Å². The van der Waals surface area contributed by atoms with Gasteiger partial charge in [-0.3, -0.25) is 19.7 Å². The molecule has 0 atom stereocenters. The fourth-order valence-corrected chi connectivity index (χ4v) is 5.88. The predicted octanol–water partition coefficient (Wildman–Crippen LogP) is 3.45. The Kier molecular flexibility index (Phi) is 6.60. The summed E-state index contributed by atoms with van der Waals surface area (Å²) in [6.07, 6.45) is 7.17. The number of H-pyrrole nitrogens is 1. The molecule has 0 aromatic carbocycles. The number of nitrogens with one attached hydrogen (secondary N) is 1. The van der Waals surface area contributed by atoms with Gasteiger partial charge in [0.1, 0.15) is 0 Å². The molecule has 2 aromatic rings. The zero-order valence-electron chi connectivity index (χ0n) is 19.4. The number of hydrogen-bond acceptors (Lipinski definition) is 5. The molecule has 3 aliphatic rings. The standard InChI is InChI=1S/C25H39N5O/c1-19(2)29-9-11-30(12-10-29)22-5-3-20(4-6-22)25-23-17-21(27-24(23)7-8-26-25)18-28-13-15-31-16-14-28/h7-8,17,19-20,22,27H,3-6,9-16,18H2,1-2H3. The van der Waals surface area contributed by atoms with Crippen LogP contribution >= 0.6 is 0 Å². The number of nitrogens with zero attached hydrogens (tertiary/aromatic N) is 4. The van der Waals surface area contributed by atoms with Gasteiger partial charge in [0, 0.05) is 86.6 Å². The van der Waals surface area contributed by atoms with Crippen LogP contribution in [0.5, 0.6) is 0 Å². The van der Waals surface area contributed by atoms with Crippen molar-refractivity contribution in [1.29, 1.82) is 0 Å². The third-order valence-corrected chi connectivity index (χ3v) is 7.81. The summed E-state index contributed by atoms with van der Waals surface area (Å²) in [4.78, 5) is 16.4. The minimum Gasteiger partial charge on any atom is -0.379 e. The number of rotatable bonds is 5. The number of piperazine rings is 1. The van der Waals surface area contributed by atoms with E-state index in [1.165, 1.54) is 74.2 Å². The summed E-state index contributed by atoms with van der Waals surface area (Å²) in [6.45, 7) is 14.3. The first-order chi connectivity index (χ1) is 15.2. The van der Waals surface area contributed by atoms with Crippen LogP contribution in [0.1, 0.15) is 56.8 Å². The maximum atomic E-state index is 5.50. The van der Waals surface area contributed by atoms with E-state index >= 15 is 0 Å². The summed E-state index contributed by atoms with van der Waals surface area (Å²) < 4.78 is 5.50. The van der Waals surface area contributed by atoms with Gasteiger partial charge in [-0.05, 0) is 51.7 Å². The Morgan fingerprint density at radius 3 is 2.48 bits per heavy atom. The van der Waals surface area contributed by atoms with Gasteiger partial charge in [0.05, 0.1) is 18.9 Å². The van der Waals surface area contributed by atoms with Crippen molar-refractivity contribution in [3.63, 3.8) is 0 Å². The number of fused-ring (bicyclic) bond motifs is 1. The monoisotopic (exact) mass is 425 g/mol. The van der Waals surface area contributed by atoms with Crippen LogP contribution in [0.4, 0.5) is 0 Å². The fourth-order valence-electron chi connectivity index (χ4n) is 5.88. The summed E-state index contributed by atoms with van der Waals surface area (Å²) >= 11 is 0. The van der Waals surface area contributed by atoms with Crippen molar-refractivity contribution >= 4 is 10.9 Å². The van der Waals surface area contributed by atoms with E-state index in [9.17, 15) is 0 Å². The van der Waals surface area contributed by atoms with Gasteiger partial charge in [-0.15, -0.1) is 0 Å². The summed E-state index contributed by atoms with van der Waals surface area (Å²) in [7, 11) is 0. The molecule has 31 heavy (non-hydrogen) atoms. The molecule has 0 bridgehead atoms. The van der Waals surface area contributed by atoms with Crippen molar-refractivity contribution in [2.24, 2.45) is 0 Å². The molecule has 2 aromatic heterocycles. The first-order valence-electron chi connectivity index (χ1n) is 12.4. The lowest BCUT2D eigenvalue weighted by molar-refractivity contribution is 0.0337. The summed E-state index contributed by atoms with van der Waals surface area (Å²) in [6, 6.07) is 5.96. The molecular formula is C25H39N5O. The molecule has 6 nitrogen and oxygen atoms in total. The van der Waals surface area contributed by atoms with Crippen molar-refractivity contribution in [2.75, 3.05) is 52.5 Å². The minimum absolute atomic E-state index is 0.601. The second kappa shape index (κ2) is 9.57. The minimum atomic E-state index is 0.601. The van der Waals surface area contributed by atoms with E-state index in [4.69, 9.17) is 9.72 Å². The second-order valence-electron chi connectivity index (χ2n) is 10.0. The highest BCUT2D eigenvalue weighted by Gasteiger charge is 2.30. The average molecular weight is 426 g/mol. The van der Waals surface area contributed by atoms with Crippen molar-refractivity contribution in [2.45, 2.75) is 64.1 Å². The molecule has 1 N–H and O–H groups in total. The van der Waals surface area contributed by atoms with Crippen molar-refractivity contribution in [3.8, 4) is 0 Å². The molecule has 0 radical (unpaired) electrons. The summed E-state index contributed by atoms with van der Waals surface area (Å²) in [5.41, 5.74) is 3.88. The van der Waals surface area contributed by atoms with E-state index in [2.05, 4.69) is 45.7 Å². The van der Waals surface area contributed by atoms with Crippen LogP contribution in [0.2, 0.25) is 0 Å². The molecule has 1 aliphatic carbocycles. The lowest BCUT2D eigenvalue weighted by atomic mass is 9.82. The third kappa shape index (κ3) is 4.82. The van der Waals surface area contributed by atoms with E-state index in [1.807, 2.05) is 6.20 Å². The Hall–Kier alpha value is -1.47. The second-order valence-corrected chi connectivity index (χ2v) is 10.0. The fraction of sp³-hybridized carbons (Fsp3) is 0.720. The molecule has 2 aliphatic heterocycles. The average Bonchev–Trinajstić information content (AvgIpc) is 3.22. The van der Waals surface area contributed by atoms with Crippen LogP contribution in [-0.4, -0.2) is 89.2 Å². The molecule has 5 rings (SSSR count). The Bertz CT molecular complexity index is 843. The van der Waals surface area contributed by atoms with Gasteiger partial charge in [0.25, 0.3) is 0 Å². The molecule has 0 unspecified atom stereocenters. The number of hydrogen-bond donors (Lipinski definition) is 1. The molecule has 3 fully saturated rings. The van der Waals surface area contributed by atoms with Gasteiger partial charge in [-0.2, -0.15) is 0 Å². The zero-order valence-corrected chi connectivity index (χ0v) is 19.4. The Balaban J connectivity index is 1.21. The SMILES string of the molecule is CC(C)N1CCN(C2CCC(c3nccc4[nH]c(CN5CCOCC5)cc34)CC2)CC1. The van der Waals surface area contributed by atoms with Crippen LogP contribution in [0.15, 0.2) is 18.3 Å². The topological polar surface area (TPSA) is 47.6 Å². The zero-order chi connectivity index (χ0) is 21.2. The van der Waals surface area contributed by atoms with Crippen LogP contribution in [0.3, 0.4) is 0 Å². The number of aromatic nitrogens is 2. The molecule has 170 valence electrons. The van der Waals surface area contributed by atoms with Gasteiger partial charge in [-0.25, -0.2) is 0 Å². The molecule has 4 heterocycles. The Labute approximate surface area is 186 Å². The van der Waals surface area contributed by atoms with E-state index < -0.39 is 0 Å². The van der Waals surface area contributed by atoms with Gasteiger partial charge in [-0.1, -0.05) is 0 Å². The summed E-state index contributed by atoms with van der Waals surface area (Å²) in [5, 5.41) is 1.35. The largest absolute Gasteiger partial charge is 0.379 e. The van der Waals surface area contributed by atoms with Gasteiger partial charge >= 0.3 is 0 Å². The van der Waals surface area contributed by atoms with E-state index in [1.54, 1.807) is 0 Å². The predicted molar refractivity (Wildman–Crippen MR) is 125 cm³/mol. The highest BCUT2D eigenvalue weighted by Crippen LogP contribution is 2.37. The molecular weight excluding hydrogens is 386 g/mol. The quantitative estimate of drug-likeness (QED) is 0.795. The maximum absolute atomic E-state index is 5.50. The van der Waals surface area contributed by atoms with Gasteiger partial charge in [0.15, 0.2) is 0 Å². The number of aromatic amines is 1. The highest BCUT2D eigenvalue weighted by molar-refractivity contribution is 5.83. The molecule has 0 spiro atoms. The van der Waals surface area contributed by atoms with Crippen molar-refractivity contribution < 1.29 is 4.74 Å².